The monoisotopic (exact) mass is 259 g/mol. The second-order valence-electron chi connectivity index (χ2n) is 4.46. The lowest BCUT2D eigenvalue weighted by atomic mass is 10.1. The third kappa shape index (κ3) is 2.78. The average Bonchev–Trinajstić information content (AvgIpc) is 2.93. The number of allylic oxidation sites excluding steroid dienone is 2. The molecule has 0 unspecified atom stereocenters. The van der Waals surface area contributed by atoms with Gasteiger partial charge in [-0.25, -0.2) is 9.97 Å². The molecule has 1 aliphatic heterocycles. The molecule has 100 valence electrons. The van der Waals surface area contributed by atoms with Crippen molar-refractivity contribution in [3.63, 3.8) is 0 Å². The zero-order chi connectivity index (χ0) is 13.8. The minimum absolute atomic E-state index is 0.0218. The van der Waals surface area contributed by atoms with Crippen LogP contribution in [0.5, 0.6) is 0 Å². The lowest BCUT2D eigenvalue weighted by molar-refractivity contribution is -0.113. The molecule has 2 heterocycles. The molecular formula is C13H17N5O. The van der Waals surface area contributed by atoms with Crippen molar-refractivity contribution in [2.75, 3.05) is 18.0 Å². The topological polar surface area (TPSA) is 96.0 Å². The van der Waals surface area contributed by atoms with Crippen molar-refractivity contribution in [1.29, 1.82) is 5.41 Å². The molecule has 1 saturated heterocycles. The number of rotatable bonds is 4. The minimum Gasteiger partial charge on any atom is -0.395 e. The van der Waals surface area contributed by atoms with E-state index in [9.17, 15) is 4.79 Å². The standard InChI is InChI=1S/C13H17N5O/c1-9(19)12(15)10(8-14)13-16-5-4-11(17-13)18-6-2-3-7-18/h4-5,8,14H,2-3,6-7,15H2,1H3. The second kappa shape index (κ2) is 5.60. The molecule has 6 nitrogen and oxygen atoms in total. The maximum Gasteiger partial charge on any atom is 0.176 e. The van der Waals surface area contributed by atoms with Gasteiger partial charge in [-0.15, -0.1) is 0 Å². The van der Waals surface area contributed by atoms with Crippen LogP contribution in [0.15, 0.2) is 18.0 Å². The molecule has 0 aromatic carbocycles. The Labute approximate surface area is 111 Å². The normalized spacial score (nSPS) is 16.2. The van der Waals surface area contributed by atoms with Gasteiger partial charge in [-0.2, -0.15) is 0 Å². The molecule has 0 atom stereocenters. The van der Waals surface area contributed by atoms with E-state index in [4.69, 9.17) is 11.1 Å². The minimum atomic E-state index is -0.284. The number of carbonyl (C=O) groups excluding carboxylic acids is 1. The van der Waals surface area contributed by atoms with Crippen molar-refractivity contribution in [1.82, 2.24) is 9.97 Å². The summed E-state index contributed by atoms with van der Waals surface area (Å²) in [4.78, 5) is 22.0. The highest BCUT2D eigenvalue weighted by Crippen LogP contribution is 2.19. The zero-order valence-electron chi connectivity index (χ0n) is 10.9. The molecule has 0 bridgehead atoms. The summed E-state index contributed by atoms with van der Waals surface area (Å²) in [5.41, 5.74) is 5.99. The lowest BCUT2D eigenvalue weighted by Gasteiger charge is -2.16. The first kappa shape index (κ1) is 13.2. The van der Waals surface area contributed by atoms with Crippen LogP contribution in [0, 0.1) is 5.41 Å². The van der Waals surface area contributed by atoms with E-state index >= 15 is 0 Å². The number of anilines is 1. The Balaban J connectivity index is 2.39. The van der Waals surface area contributed by atoms with Gasteiger partial charge in [0.15, 0.2) is 11.6 Å². The number of ketones is 1. The molecule has 1 aromatic heterocycles. The third-order valence-electron chi connectivity index (χ3n) is 3.13. The van der Waals surface area contributed by atoms with Crippen molar-refractivity contribution < 1.29 is 4.79 Å². The summed E-state index contributed by atoms with van der Waals surface area (Å²) in [5.74, 6) is 0.860. The molecular weight excluding hydrogens is 242 g/mol. The van der Waals surface area contributed by atoms with Crippen LogP contribution in [-0.2, 0) is 4.79 Å². The Bertz CT molecular complexity index is 532. The van der Waals surface area contributed by atoms with E-state index in [0.29, 0.717) is 5.82 Å². The quantitative estimate of drug-likeness (QED) is 0.621. The van der Waals surface area contributed by atoms with Gasteiger partial charge in [0.1, 0.15) is 5.82 Å². The van der Waals surface area contributed by atoms with Crippen LogP contribution in [0.2, 0.25) is 0 Å². The van der Waals surface area contributed by atoms with Crippen molar-refractivity contribution >= 4 is 23.4 Å². The maximum absolute atomic E-state index is 11.3. The smallest absolute Gasteiger partial charge is 0.176 e. The highest BCUT2D eigenvalue weighted by atomic mass is 16.1. The van der Waals surface area contributed by atoms with E-state index in [1.807, 2.05) is 6.07 Å². The summed E-state index contributed by atoms with van der Waals surface area (Å²) >= 11 is 0. The molecule has 0 radical (unpaired) electrons. The molecule has 0 aliphatic carbocycles. The predicted molar refractivity (Wildman–Crippen MR) is 74.1 cm³/mol. The highest BCUT2D eigenvalue weighted by Gasteiger charge is 2.16. The summed E-state index contributed by atoms with van der Waals surface area (Å²) in [6.45, 7) is 3.31. The van der Waals surface area contributed by atoms with Crippen LogP contribution in [0.4, 0.5) is 5.82 Å². The summed E-state index contributed by atoms with van der Waals surface area (Å²) in [6.07, 6.45) is 4.97. The number of nitrogens with two attached hydrogens (primary N) is 1. The Morgan fingerprint density at radius 1 is 1.47 bits per heavy atom. The molecule has 0 saturated carbocycles. The van der Waals surface area contributed by atoms with E-state index in [0.717, 1.165) is 38.0 Å². The summed E-state index contributed by atoms with van der Waals surface area (Å²) in [5, 5.41) is 7.39. The van der Waals surface area contributed by atoms with Gasteiger partial charge in [0, 0.05) is 32.4 Å². The first-order valence-electron chi connectivity index (χ1n) is 6.23. The lowest BCUT2D eigenvalue weighted by Crippen LogP contribution is -2.20. The van der Waals surface area contributed by atoms with Crippen LogP contribution in [0.3, 0.4) is 0 Å². The van der Waals surface area contributed by atoms with Crippen LogP contribution < -0.4 is 10.6 Å². The molecule has 3 N–H and O–H groups in total. The SMILES string of the molecule is CC(=O)C(N)=C(C=N)c1nccc(N2CCCC2)n1. The fraction of sp³-hybridized carbons (Fsp3) is 0.385. The van der Waals surface area contributed by atoms with Gasteiger partial charge < -0.3 is 16.0 Å². The number of hydrogen-bond acceptors (Lipinski definition) is 6. The molecule has 6 heteroatoms. The van der Waals surface area contributed by atoms with Gasteiger partial charge in [-0.1, -0.05) is 0 Å². The van der Waals surface area contributed by atoms with E-state index in [1.165, 1.54) is 6.92 Å². The van der Waals surface area contributed by atoms with Gasteiger partial charge in [0.2, 0.25) is 0 Å². The van der Waals surface area contributed by atoms with Crippen molar-refractivity contribution in [2.45, 2.75) is 19.8 Å². The highest BCUT2D eigenvalue weighted by molar-refractivity contribution is 6.16. The van der Waals surface area contributed by atoms with E-state index in [-0.39, 0.29) is 17.1 Å². The van der Waals surface area contributed by atoms with Crippen LogP contribution in [0.1, 0.15) is 25.6 Å². The van der Waals surface area contributed by atoms with Gasteiger partial charge in [-0.3, -0.25) is 4.79 Å². The van der Waals surface area contributed by atoms with Gasteiger partial charge in [-0.05, 0) is 18.9 Å². The number of nitrogens with zero attached hydrogens (tertiary/aromatic N) is 3. The summed E-state index contributed by atoms with van der Waals surface area (Å²) in [7, 11) is 0. The maximum atomic E-state index is 11.3. The largest absolute Gasteiger partial charge is 0.395 e. The Morgan fingerprint density at radius 3 is 2.74 bits per heavy atom. The first-order chi connectivity index (χ1) is 9.13. The third-order valence-corrected chi connectivity index (χ3v) is 3.13. The molecule has 0 spiro atoms. The fourth-order valence-electron chi connectivity index (χ4n) is 2.05. The number of nitrogens with one attached hydrogen (secondary N) is 1. The van der Waals surface area contributed by atoms with Crippen molar-refractivity contribution in [3.8, 4) is 0 Å². The van der Waals surface area contributed by atoms with Crippen LogP contribution in [-0.4, -0.2) is 35.1 Å². The second-order valence-corrected chi connectivity index (χ2v) is 4.46. The van der Waals surface area contributed by atoms with Gasteiger partial charge in [0.05, 0.1) is 11.3 Å². The number of aromatic nitrogens is 2. The molecule has 19 heavy (non-hydrogen) atoms. The van der Waals surface area contributed by atoms with Crippen molar-refractivity contribution in [2.24, 2.45) is 5.73 Å². The van der Waals surface area contributed by atoms with Gasteiger partial charge >= 0.3 is 0 Å². The fourth-order valence-corrected chi connectivity index (χ4v) is 2.05. The van der Waals surface area contributed by atoms with Crippen LogP contribution in [0.25, 0.3) is 5.57 Å². The zero-order valence-corrected chi connectivity index (χ0v) is 10.9. The van der Waals surface area contributed by atoms with Gasteiger partial charge in [0.25, 0.3) is 0 Å². The number of hydrogen-bond donors (Lipinski definition) is 2. The number of carbonyl (C=O) groups is 1. The van der Waals surface area contributed by atoms with E-state index in [1.54, 1.807) is 6.20 Å². The van der Waals surface area contributed by atoms with E-state index in [2.05, 4.69) is 14.9 Å². The van der Waals surface area contributed by atoms with Crippen LogP contribution >= 0.6 is 0 Å². The summed E-state index contributed by atoms with van der Waals surface area (Å²) in [6, 6.07) is 1.83. The number of Topliss-reactive ketones (excluding diaryl/α,β-unsaturated/α-hetero) is 1. The molecule has 1 aromatic rings. The molecule has 1 fully saturated rings. The molecule has 2 rings (SSSR count). The predicted octanol–water partition coefficient (Wildman–Crippen LogP) is 0.985. The Morgan fingerprint density at radius 2 is 2.16 bits per heavy atom. The molecule has 0 amide bonds. The average molecular weight is 259 g/mol. The van der Waals surface area contributed by atoms with Crippen molar-refractivity contribution in [3.05, 3.63) is 23.8 Å². The first-order valence-corrected chi connectivity index (χ1v) is 6.23. The molecule has 1 aliphatic rings. The van der Waals surface area contributed by atoms with E-state index < -0.39 is 0 Å². The Hall–Kier alpha value is -2.24. The Kier molecular flexibility index (Phi) is 3.89. The summed E-state index contributed by atoms with van der Waals surface area (Å²) < 4.78 is 0.